The van der Waals surface area contributed by atoms with E-state index in [1.165, 1.54) is 7.11 Å². The van der Waals surface area contributed by atoms with Crippen molar-refractivity contribution in [2.24, 2.45) is 0 Å². The molecule has 1 heterocycles. The molecule has 5 heteroatoms. The quantitative estimate of drug-likeness (QED) is 0.689. The second-order valence-electron chi connectivity index (χ2n) is 3.91. The zero-order chi connectivity index (χ0) is 15.5. The molecule has 0 radical (unpaired) electrons. The second-order valence-corrected chi connectivity index (χ2v) is 3.91. The fourth-order valence-electron chi connectivity index (χ4n) is 1.33. The van der Waals surface area contributed by atoms with Crippen LogP contribution in [0.3, 0.4) is 0 Å². The predicted molar refractivity (Wildman–Crippen MR) is 80.4 cm³/mol. The minimum atomic E-state index is -0.998. The average molecular weight is 287 g/mol. The molecule has 1 N–H and O–H groups in total. The average Bonchev–Trinajstić information content (AvgIpc) is 2.90. The number of methoxy groups -OCH3 is 1. The Labute approximate surface area is 123 Å². The highest BCUT2D eigenvalue weighted by Crippen LogP contribution is 2.07. The summed E-state index contributed by atoms with van der Waals surface area (Å²) in [6, 6.07) is 10.1. The minimum absolute atomic E-state index is 0.692. The summed E-state index contributed by atoms with van der Waals surface area (Å²) >= 11 is 0. The second kappa shape index (κ2) is 9.14. The van der Waals surface area contributed by atoms with Gasteiger partial charge in [-0.1, -0.05) is 36.4 Å². The van der Waals surface area contributed by atoms with E-state index in [1.807, 2.05) is 49.4 Å². The van der Waals surface area contributed by atoms with E-state index in [0.717, 1.165) is 23.6 Å². The van der Waals surface area contributed by atoms with Crippen molar-refractivity contribution < 1.29 is 19.1 Å². The SMILES string of the molecule is COC=CC(=O)O.Cc1nc(C=Cc2ccccc2)co1. The van der Waals surface area contributed by atoms with Crippen LogP contribution < -0.4 is 0 Å². The van der Waals surface area contributed by atoms with Gasteiger partial charge in [-0.15, -0.1) is 0 Å². The van der Waals surface area contributed by atoms with E-state index in [2.05, 4.69) is 9.72 Å². The van der Waals surface area contributed by atoms with E-state index in [1.54, 1.807) is 6.26 Å². The molecule has 1 aromatic carbocycles. The Morgan fingerprint density at radius 1 is 1.29 bits per heavy atom. The van der Waals surface area contributed by atoms with Crippen molar-refractivity contribution in [3.63, 3.8) is 0 Å². The van der Waals surface area contributed by atoms with Crippen LogP contribution in [0, 0.1) is 6.92 Å². The van der Waals surface area contributed by atoms with Gasteiger partial charge in [0.05, 0.1) is 19.4 Å². The van der Waals surface area contributed by atoms with Gasteiger partial charge >= 0.3 is 5.97 Å². The van der Waals surface area contributed by atoms with Crippen LogP contribution in [0.25, 0.3) is 12.2 Å². The monoisotopic (exact) mass is 287 g/mol. The van der Waals surface area contributed by atoms with Gasteiger partial charge in [0.15, 0.2) is 5.89 Å². The Morgan fingerprint density at radius 3 is 2.48 bits per heavy atom. The van der Waals surface area contributed by atoms with Crippen molar-refractivity contribution in [2.75, 3.05) is 7.11 Å². The number of carboxylic acids is 1. The van der Waals surface area contributed by atoms with Gasteiger partial charge in [0.1, 0.15) is 12.0 Å². The lowest BCUT2D eigenvalue weighted by Gasteiger charge is -1.88. The lowest BCUT2D eigenvalue weighted by molar-refractivity contribution is -0.131. The summed E-state index contributed by atoms with van der Waals surface area (Å²) in [7, 11) is 1.39. The van der Waals surface area contributed by atoms with Crippen LogP contribution in [-0.4, -0.2) is 23.2 Å². The highest BCUT2D eigenvalue weighted by Gasteiger charge is 1.93. The van der Waals surface area contributed by atoms with Crippen LogP contribution in [0.15, 0.2) is 53.4 Å². The van der Waals surface area contributed by atoms with Gasteiger partial charge in [-0.25, -0.2) is 9.78 Å². The molecular formula is C16H17NO4. The molecule has 2 rings (SSSR count). The third-order valence-corrected chi connectivity index (χ3v) is 2.23. The van der Waals surface area contributed by atoms with Crippen molar-refractivity contribution >= 4 is 18.1 Å². The largest absolute Gasteiger partial charge is 0.504 e. The van der Waals surface area contributed by atoms with Gasteiger partial charge in [0, 0.05) is 6.92 Å². The maximum absolute atomic E-state index is 9.59. The van der Waals surface area contributed by atoms with E-state index >= 15 is 0 Å². The summed E-state index contributed by atoms with van der Waals surface area (Å²) in [4.78, 5) is 13.8. The molecule has 0 aliphatic heterocycles. The summed E-state index contributed by atoms with van der Waals surface area (Å²) in [6.45, 7) is 1.83. The van der Waals surface area contributed by atoms with Crippen LogP contribution in [0.4, 0.5) is 0 Å². The molecule has 0 fully saturated rings. The lowest BCUT2D eigenvalue weighted by atomic mass is 10.2. The molecule has 5 nitrogen and oxygen atoms in total. The van der Waals surface area contributed by atoms with Crippen molar-refractivity contribution in [1.82, 2.24) is 4.98 Å². The number of aliphatic carboxylic acids is 1. The van der Waals surface area contributed by atoms with Gasteiger partial charge in [-0.2, -0.15) is 0 Å². The molecule has 0 saturated heterocycles. The Kier molecular flexibility index (Phi) is 7.07. The van der Waals surface area contributed by atoms with Crippen molar-refractivity contribution in [1.29, 1.82) is 0 Å². The molecule has 0 aliphatic rings. The van der Waals surface area contributed by atoms with Crippen molar-refractivity contribution in [3.8, 4) is 0 Å². The number of benzene rings is 1. The summed E-state index contributed by atoms with van der Waals surface area (Å²) in [5, 5.41) is 7.88. The van der Waals surface area contributed by atoms with Gasteiger partial charge < -0.3 is 14.3 Å². The molecule has 0 unspecified atom stereocenters. The van der Waals surface area contributed by atoms with Crippen LogP contribution in [0.2, 0.25) is 0 Å². The molecule has 110 valence electrons. The number of oxazole rings is 1. The van der Waals surface area contributed by atoms with Gasteiger partial charge in [-0.3, -0.25) is 0 Å². The highest BCUT2D eigenvalue weighted by molar-refractivity contribution is 5.79. The van der Waals surface area contributed by atoms with Crippen LogP contribution >= 0.6 is 0 Å². The van der Waals surface area contributed by atoms with E-state index in [-0.39, 0.29) is 0 Å². The number of aromatic nitrogens is 1. The van der Waals surface area contributed by atoms with Gasteiger partial charge in [0.25, 0.3) is 0 Å². The molecule has 0 saturated carbocycles. The number of hydrogen-bond donors (Lipinski definition) is 1. The Morgan fingerprint density at radius 2 is 2.00 bits per heavy atom. The smallest absolute Gasteiger partial charge is 0.331 e. The molecule has 21 heavy (non-hydrogen) atoms. The van der Waals surface area contributed by atoms with E-state index < -0.39 is 5.97 Å². The lowest BCUT2D eigenvalue weighted by Crippen LogP contribution is -1.85. The third-order valence-electron chi connectivity index (χ3n) is 2.23. The topological polar surface area (TPSA) is 72.6 Å². The van der Waals surface area contributed by atoms with Gasteiger partial charge in [-0.05, 0) is 11.6 Å². The Bertz CT molecular complexity index is 600. The molecular weight excluding hydrogens is 270 g/mol. The highest BCUT2D eigenvalue weighted by atomic mass is 16.5. The first-order chi connectivity index (χ1) is 10.1. The van der Waals surface area contributed by atoms with E-state index in [0.29, 0.717) is 5.89 Å². The van der Waals surface area contributed by atoms with Crippen LogP contribution in [-0.2, 0) is 9.53 Å². The molecule has 2 aromatic rings. The molecule has 0 atom stereocenters. The first-order valence-electron chi connectivity index (χ1n) is 6.19. The fourth-order valence-corrected chi connectivity index (χ4v) is 1.33. The minimum Gasteiger partial charge on any atom is -0.504 e. The number of hydrogen-bond acceptors (Lipinski definition) is 4. The van der Waals surface area contributed by atoms with Gasteiger partial charge in [0.2, 0.25) is 0 Å². The fraction of sp³-hybridized carbons (Fsp3) is 0.125. The number of ether oxygens (including phenoxy) is 1. The number of aryl methyl sites for hydroxylation is 1. The standard InChI is InChI=1S/C12H11NO.C4H6O3/c1-10-13-12(9-14-10)8-7-11-5-3-2-4-6-11;1-7-3-2-4(5)6/h2-9H,1H3;2-3H,1H3,(H,5,6). The molecule has 0 spiro atoms. The Hall–Kier alpha value is -2.82. The number of nitrogens with zero attached hydrogens (tertiary/aromatic N) is 1. The normalized spacial score (nSPS) is 10.4. The summed E-state index contributed by atoms with van der Waals surface area (Å²) in [5.41, 5.74) is 2.01. The maximum atomic E-state index is 9.59. The van der Waals surface area contributed by atoms with Crippen LogP contribution in [0.5, 0.6) is 0 Å². The van der Waals surface area contributed by atoms with E-state index in [9.17, 15) is 4.79 Å². The summed E-state index contributed by atoms with van der Waals surface area (Å²) < 4.78 is 9.38. The first-order valence-corrected chi connectivity index (χ1v) is 6.19. The summed E-state index contributed by atoms with van der Waals surface area (Å²) in [5.74, 6) is -0.306. The third kappa shape index (κ3) is 7.37. The van der Waals surface area contributed by atoms with Crippen molar-refractivity contribution in [3.05, 3.63) is 66.1 Å². The zero-order valence-electron chi connectivity index (χ0n) is 11.9. The number of carbonyl (C=O) groups is 1. The molecule has 0 bridgehead atoms. The number of rotatable bonds is 4. The van der Waals surface area contributed by atoms with Crippen molar-refractivity contribution in [2.45, 2.75) is 6.92 Å². The van der Waals surface area contributed by atoms with E-state index in [4.69, 9.17) is 9.52 Å². The zero-order valence-corrected chi connectivity index (χ0v) is 11.9. The summed E-state index contributed by atoms with van der Waals surface area (Å²) in [6.07, 6.45) is 7.61. The first kappa shape index (κ1) is 16.2. The maximum Gasteiger partial charge on any atom is 0.331 e. The molecule has 1 aromatic heterocycles. The Balaban J connectivity index is 0.000000270. The molecule has 0 amide bonds. The predicted octanol–water partition coefficient (Wildman–Crippen LogP) is 3.38. The van der Waals surface area contributed by atoms with Crippen LogP contribution in [0.1, 0.15) is 17.1 Å². The molecule has 0 aliphatic carbocycles. The number of carboxylic acid groups (broad SMARTS) is 1.